The fraction of sp³-hybridized carbons (Fsp3) is 0.939. The number of aliphatic hydroxyl groups excluding tert-OH is 15. The molecule has 562 valence electrons. The van der Waals surface area contributed by atoms with E-state index in [1.807, 2.05) is 6.92 Å². The number of Topliss-reactive ketones (excluding diaryl/α,β-unsaturated/α-hetero) is 1. The monoisotopic (exact) mass is 1410 g/mol. The van der Waals surface area contributed by atoms with E-state index in [1.54, 1.807) is 0 Å². The van der Waals surface area contributed by atoms with Gasteiger partial charge in [-0.15, -0.1) is 0 Å². The molecule has 32 nitrogen and oxygen atoms in total. The van der Waals surface area contributed by atoms with Crippen molar-refractivity contribution in [1.82, 2.24) is 0 Å². The number of ether oxygens (including phenoxy) is 15. The molecule has 11 rings (SSSR count). The molecule has 1 spiro atoms. The predicted octanol–water partition coefficient (Wildman–Crippen LogP) is -4.22. The van der Waals surface area contributed by atoms with Gasteiger partial charge in [0.25, 0.3) is 0 Å². The number of esters is 1. The van der Waals surface area contributed by atoms with Crippen molar-refractivity contribution >= 4 is 11.8 Å². The van der Waals surface area contributed by atoms with Crippen LogP contribution in [0.4, 0.5) is 0 Å². The van der Waals surface area contributed by atoms with Crippen LogP contribution in [0.2, 0.25) is 0 Å². The fourth-order valence-corrected chi connectivity index (χ4v) is 18.9. The highest BCUT2D eigenvalue weighted by atomic mass is 16.8. The summed E-state index contributed by atoms with van der Waals surface area (Å²) in [6.07, 6.45) is -41.1. The summed E-state index contributed by atoms with van der Waals surface area (Å²) in [5, 5.41) is 167. The molecule has 4 aliphatic carbocycles. The standard InChI is InChI=1S/C66H106O32/c1-26(2)11-10-16-65(7)54-29(71)19-64(6)28-12-13-36-62(3,4)37(15-17-63(36,5)27(28)14-18-66(54,64)61(83)98-65)93-60-53(41(76)35(25-87-60)92-57-47(82)52(40(75)33(22-69)88-57)96-59-46(81)51(85-9)39(74)32(21-68)90-59)97-56-43(78)42(77)49(34(23-70)91-56)95-55-44(79)48(30(72)24-86-55)94-58-45(80)50(84-8)38(73)31(20-67)89-58/h14,26,28,30-60,67-70,72-82H,10-13,15-25H2,1-9H3/t28-,30-,31-,32-,33-,34-,35-,36+,37+,38-,39-,40-,41+,42-,43-,44-,45-,46-,47-,48+,49-,50+,51+,52+,53-,54-,55+,56+,57+,58+,59+,60+,63-,64+,65+,66-/m1/s1. The third-order valence-corrected chi connectivity index (χ3v) is 24.2. The van der Waals surface area contributed by atoms with Crippen molar-refractivity contribution < 1.29 is 157 Å². The zero-order chi connectivity index (χ0) is 71.2. The molecule has 0 bridgehead atoms. The van der Waals surface area contributed by atoms with Gasteiger partial charge in [0, 0.05) is 20.6 Å². The van der Waals surface area contributed by atoms with Crippen molar-refractivity contribution in [2.45, 2.75) is 290 Å². The molecule has 7 saturated heterocycles. The van der Waals surface area contributed by atoms with Crippen LogP contribution >= 0.6 is 0 Å². The van der Waals surface area contributed by atoms with Gasteiger partial charge in [0.15, 0.2) is 37.7 Å². The highest BCUT2D eigenvalue weighted by molar-refractivity contribution is 5.99. The minimum atomic E-state index is -2.13. The van der Waals surface area contributed by atoms with E-state index in [4.69, 9.17) is 71.1 Å². The molecule has 0 aromatic rings. The molecular formula is C66H106O32. The highest BCUT2D eigenvalue weighted by Crippen LogP contribution is 2.75. The maximum atomic E-state index is 14.6. The summed E-state index contributed by atoms with van der Waals surface area (Å²) in [5.74, 6) is -0.527. The number of allylic oxidation sites excluding steroid dienone is 2. The second-order valence-corrected chi connectivity index (χ2v) is 30.7. The number of carbonyl (C=O) groups is 2. The summed E-state index contributed by atoms with van der Waals surface area (Å²) < 4.78 is 89.6. The lowest BCUT2D eigenvalue weighted by molar-refractivity contribution is -0.396. The zero-order valence-electron chi connectivity index (χ0n) is 56.9. The first kappa shape index (κ1) is 76.8. The number of methoxy groups -OCH3 is 2. The van der Waals surface area contributed by atoms with Crippen molar-refractivity contribution in [3.63, 3.8) is 0 Å². The summed E-state index contributed by atoms with van der Waals surface area (Å²) >= 11 is 0. The van der Waals surface area contributed by atoms with E-state index in [0.717, 1.165) is 12.8 Å². The average Bonchev–Trinajstić information content (AvgIpc) is 1.47. The maximum absolute atomic E-state index is 14.6. The SMILES string of the molecule is CO[C@@H]1[C@@H](O)[C@H](O[C@@H]2[C@@H](O)[C@H](O[C@@H]3CO[C@@H](O[C@H]4CC[C@]5(C)C6=CC[C@]78C(=O)O[C@@](C)(CCCC(C)C)[C@H]7C(=O)C[C@@]8(C)[C@@H]6CC[C@H]5C4(C)C)[C@H](O[C@@H]4O[C@H](CO)[C@@H](O[C@@H]5OC[C@@H](O)[C@H](O[C@@H]6O[C@H](CO)[C@@H](O)[C@H](OC)[C@H]6O)[C@H]5O)[C@H](O)[C@H]4O)[C@H]3O)O[C@H](CO)[C@H]2O)O[C@H](CO)[C@H]1O. The van der Waals surface area contributed by atoms with E-state index in [0.29, 0.717) is 44.4 Å². The van der Waals surface area contributed by atoms with E-state index >= 15 is 0 Å². The molecule has 0 amide bonds. The molecule has 7 heterocycles. The Kier molecular flexibility index (Phi) is 23.5. The third kappa shape index (κ3) is 13.2. The minimum absolute atomic E-state index is 0.0671. The van der Waals surface area contributed by atoms with E-state index < -0.39 is 251 Å². The van der Waals surface area contributed by atoms with Gasteiger partial charge >= 0.3 is 5.97 Å². The molecule has 0 aromatic heterocycles. The van der Waals surface area contributed by atoms with Gasteiger partial charge < -0.3 is 148 Å². The van der Waals surface area contributed by atoms with Crippen LogP contribution < -0.4 is 0 Å². The Morgan fingerprint density at radius 3 is 1.62 bits per heavy atom. The first-order valence-electron chi connectivity index (χ1n) is 34.6. The van der Waals surface area contributed by atoms with Crippen molar-refractivity contribution in [3.05, 3.63) is 11.6 Å². The number of hydrogen-bond donors (Lipinski definition) is 15. The Morgan fingerprint density at radius 1 is 0.531 bits per heavy atom. The topological polar surface area (TPSA) is 476 Å². The summed E-state index contributed by atoms with van der Waals surface area (Å²) in [5.41, 5.74) is -2.58. The second kappa shape index (κ2) is 29.9. The van der Waals surface area contributed by atoms with E-state index in [1.165, 1.54) is 19.8 Å². The van der Waals surface area contributed by atoms with E-state index in [-0.39, 0.29) is 30.0 Å². The van der Waals surface area contributed by atoms with Gasteiger partial charge in [0.2, 0.25) is 0 Å². The molecule has 11 aliphatic rings. The smallest absolute Gasteiger partial charge is 0.314 e. The normalized spacial score (nSPS) is 51.8. The van der Waals surface area contributed by atoms with Gasteiger partial charge in [-0.05, 0) is 85.9 Å². The maximum Gasteiger partial charge on any atom is 0.314 e. The number of cyclic esters (lactones) is 1. The summed E-state index contributed by atoms with van der Waals surface area (Å²) in [6.45, 7) is 10.3. The Morgan fingerprint density at radius 2 is 1.04 bits per heavy atom. The molecule has 98 heavy (non-hydrogen) atoms. The van der Waals surface area contributed by atoms with E-state index in [2.05, 4.69) is 47.6 Å². The number of ketones is 1. The number of aliphatic hydroxyl groups is 15. The van der Waals surface area contributed by atoms with Crippen LogP contribution in [0.3, 0.4) is 0 Å². The van der Waals surface area contributed by atoms with Gasteiger partial charge in [-0.2, -0.15) is 0 Å². The van der Waals surface area contributed by atoms with Crippen LogP contribution in [0.1, 0.15) is 106 Å². The lowest BCUT2D eigenvalue weighted by Gasteiger charge is -2.63. The predicted molar refractivity (Wildman–Crippen MR) is 326 cm³/mol. The van der Waals surface area contributed by atoms with Crippen molar-refractivity contribution in [2.24, 2.45) is 45.3 Å². The number of carbonyl (C=O) groups excluding carboxylic acids is 2. The van der Waals surface area contributed by atoms with Crippen LogP contribution in [-0.2, 0) is 80.6 Å². The number of hydrogen-bond acceptors (Lipinski definition) is 32. The summed E-state index contributed by atoms with van der Waals surface area (Å²) in [7, 11) is 2.37. The molecule has 3 saturated carbocycles. The molecular weight excluding hydrogens is 1300 g/mol. The summed E-state index contributed by atoms with van der Waals surface area (Å²) in [4.78, 5) is 29.1. The Bertz CT molecular complexity index is 2750. The Hall–Kier alpha value is -2.28. The summed E-state index contributed by atoms with van der Waals surface area (Å²) in [6, 6.07) is 0. The largest absolute Gasteiger partial charge is 0.458 e. The van der Waals surface area contributed by atoms with Crippen LogP contribution in [0.5, 0.6) is 0 Å². The minimum Gasteiger partial charge on any atom is -0.458 e. The zero-order valence-corrected chi connectivity index (χ0v) is 56.9. The molecule has 0 aromatic carbocycles. The van der Waals surface area contributed by atoms with Gasteiger partial charge in [-0.3, -0.25) is 9.59 Å². The Balaban J connectivity index is 0.836. The van der Waals surface area contributed by atoms with Crippen molar-refractivity contribution in [1.29, 1.82) is 0 Å². The van der Waals surface area contributed by atoms with E-state index in [9.17, 15) is 86.2 Å². The van der Waals surface area contributed by atoms with Gasteiger partial charge in [-0.1, -0.05) is 59.6 Å². The Labute approximate surface area is 568 Å². The van der Waals surface area contributed by atoms with Gasteiger partial charge in [0.05, 0.1) is 57.1 Å². The van der Waals surface area contributed by atoms with Crippen molar-refractivity contribution in [2.75, 3.05) is 53.9 Å². The lowest BCUT2D eigenvalue weighted by atomic mass is 9.41. The highest BCUT2D eigenvalue weighted by Gasteiger charge is 2.79. The number of rotatable bonds is 22. The van der Waals surface area contributed by atoms with Crippen LogP contribution in [0.25, 0.3) is 0 Å². The molecule has 10 fully saturated rings. The van der Waals surface area contributed by atoms with Crippen LogP contribution in [0, 0.1) is 45.3 Å². The third-order valence-electron chi connectivity index (χ3n) is 24.2. The molecule has 15 N–H and O–H groups in total. The lowest BCUT2D eigenvalue weighted by Crippen LogP contribution is -2.67. The van der Waals surface area contributed by atoms with Crippen molar-refractivity contribution in [3.8, 4) is 0 Å². The van der Waals surface area contributed by atoms with Crippen LogP contribution in [0.15, 0.2) is 11.6 Å². The quantitative estimate of drug-likeness (QED) is 0.0278. The first-order chi connectivity index (χ1) is 46.3. The molecule has 36 atom stereocenters. The molecule has 0 radical (unpaired) electrons. The second-order valence-electron chi connectivity index (χ2n) is 30.7. The molecule has 7 aliphatic heterocycles. The molecule has 32 heteroatoms. The van der Waals surface area contributed by atoms with Gasteiger partial charge in [0.1, 0.15) is 146 Å². The van der Waals surface area contributed by atoms with Crippen LogP contribution in [-0.4, -0.2) is 326 Å². The average molecular weight is 1410 g/mol. The first-order valence-corrected chi connectivity index (χ1v) is 34.6. The van der Waals surface area contributed by atoms with Gasteiger partial charge in [-0.25, -0.2) is 0 Å². The fourth-order valence-electron chi connectivity index (χ4n) is 18.9. The number of fused-ring (bicyclic) bond motifs is 4. The molecule has 0 unspecified atom stereocenters.